The maximum absolute atomic E-state index is 13.0. The predicted molar refractivity (Wildman–Crippen MR) is 250 cm³/mol. The zero-order chi connectivity index (χ0) is 47.1. The number of allylic oxidation sites excluding steroid dienone is 16. The third-order valence-electron chi connectivity index (χ3n) is 13.0. The summed E-state index contributed by atoms with van der Waals surface area (Å²) in [7, 11) is -10.7. The summed E-state index contributed by atoms with van der Waals surface area (Å²) in [6.45, 7) is 17.1. The van der Waals surface area contributed by atoms with Crippen LogP contribution in [0.25, 0.3) is 0 Å². The SMILES string of the molecule is CC(C)c1cc(C(C)C)c(CN=C2C=CC(=C3C=CC(=C4C=CC(=[O+]CCOCCOCCOC(=O)C56CC7CC(CC(C7)C5)C6)C=C4)C=CC3)C=C2)c(C(C)C)c1.F[P-](F)(F)(F)(F)F. The van der Waals surface area contributed by atoms with Crippen LogP contribution in [0.4, 0.5) is 25.2 Å². The fourth-order valence-electron chi connectivity index (χ4n) is 10.3. The predicted octanol–water partition coefficient (Wildman–Crippen LogP) is 14.6. The van der Waals surface area contributed by atoms with Gasteiger partial charge in [-0.25, -0.2) is 0 Å². The molecule has 4 saturated carbocycles. The van der Waals surface area contributed by atoms with Gasteiger partial charge in [-0.05, 0) is 149 Å². The fraction of sp³-hybridized carbons (Fsp3) is 0.519. The van der Waals surface area contributed by atoms with Crippen LogP contribution in [0.2, 0.25) is 0 Å². The van der Waals surface area contributed by atoms with Gasteiger partial charge in [0.05, 0.1) is 37.5 Å². The van der Waals surface area contributed by atoms with Gasteiger partial charge in [-0.2, -0.15) is 0 Å². The number of rotatable bonds is 15. The number of aliphatic imine (C=N–C) groups is 1. The van der Waals surface area contributed by atoms with E-state index in [1.54, 1.807) is 0 Å². The molecule has 7 aliphatic carbocycles. The Hall–Kier alpha value is -4.12. The number of halogens is 6. The van der Waals surface area contributed by atoms with Gasteiger partial charge in [0.1, 0.15) is 13.2 Å². The molecule has 356 valence electrons. The molecule has 0 spiro atoms. The van der Waals surface area contributed by atoms with E-state index in [1.165, 1.54) is 58.2 Å². The van der Waals surface area contributed by atoms with E-state index < -0.39 is 7.81 Å². The van der Waals surface area contributed by atoms with E-state index in [1.807, 2.05) is 12.2 Å². The number of esters is 1. The van der Waals surface area contributed by atoms with E-state index in [2.05, 4.69) is 114 Å². The standard InChI is InChI=1S/C52H66NO5.F6P/c1-35(2)45-29-48(36(3)4)50(49(30-45)37(5)6)34-53-46-16-12-43(13-17-46)41-8-7-9-42(11-10-41)44-14-18-47(19-15-44)57-24-22-55-20-21-56-23-25-58-51(54)52-31-38-26-39(32-52)28-40(27-38)33-52;1-7(2,3,4,5)6/h7,9-19,29-30,35-40H,8,20-28,31-34H2,1-6H3;/q+1;-1. The number of hydrogen-bond donors (Lipinski definition) is 0. The van der Waals surface area contributed by atoms with E-state index in [9.17, 15) is 30.0 Å². The van der Waals surface area contributed by atoms with E-state index in [4.69, 9.17) is 23.6 Å². The average Bonchev–Trinajstić information content (AvgIpc) is 3.48. The molecule has 8 rings (SSSR count). The van der Waals surface area contributed by atoms with Crippen LogP contribution in [0.1, 0.15) is 126 Å². The Morgan fingerprint density at radius 3 is 1.69 bits per heavy atom. The van der Waals surface area contributed by atoms with Crippen LogP contribution in [0.3, 0.4) is 0 Å². The summed E-state index contributed by atoms with van der Waals surface area (Å²) in [6.07, 6.45) is 33.8. The molecule has 1 aromatic rings. The van der Waals surface area contributed by atoms with Crippen molar-refractivity contribution in [1.29, 1.82) is 0 Å². The molecule has 0 heterocycles. The minimum absolute atomic E-state index is 0.0227. The molecule has 6 nitrogen and oxygen atoms in total. The number of benzene rings is 1. The summed E-state index contributed by atoms with van der Waals surface area (Å²) in [6, 6.07) is 4.82. The third kappa shape index (κ3) is 15.5. The summed E-state index contributed by atoms with van der Waals surface area (Å²) in [4.78, 5) is 18.1. The molecule has 0 atom stereocenters. The second-order valence-electron chi connectivity index (χ2n) is 19.3. The molecule has 0 aliphatic heterocycles. The third-order valence-corrected chi connectivity index (χ3v) is 13.0. The molecule has 0 radical (unpaired) electrons. The molecule has 7 aliphatic rings. The fourth-order valence-corrected chi connectivity index (χ4v) is 10.3. The van der Waals surface area contributed by atoms with E-state index >= 15 is 0 Å². The first-order valence-corrected chi connectivity index (χ1v) is 25.2. The van der Waals surface area contributed by atoms with E-state index in [0.29, 0.717) is 63.9 Å². The van der Waals surface area contributed by atoms with Crippen molar-refractivity contribution in [2.45, 2.75) is 111 Å². The number of carbonyl (C=O) groups is 1. The quantitative estimate of drug-likeness (QED) is 0.0578. The van der Waals surface area contributed by atoms with Crippen molar-refractivity contribution < 1.29 is 48.6 Å². The monoisotopic (exact) mass is 929 g/mol. The average molecular weight is 930 g/mol. The first kappa shape index (κ1) is 50.3. The van der Waals surface area contributed by atoms with Crippen LogP contribution in [-0.4, -0.2) is 57.1 Å². The van der Waals surface area contributed by atoms with Gasteiger partial charge in [-0.15, -0.1) is 0 Å². The molecule has 65 heavy (non-hydrogen) atoms. The van der Waals surface area contributed by atoms with Crippen molar-refractivity contribution in [3.63, 3.8) is 0 Å². The van der Waals surface area contributed by atoms with Crippen LogP contribution in [-0.2, 0) is 30.0 Å². The topological polar surface area (TPSA) is 68.4 Å². The molecular formula is C52H66F6NO5P. The van der Waals surface area contributed by atoms with Gasteiger partial charge in [0.25, 0.3) is 6.61 Å². The second-order valence-corrected chi connectivity index (χ2v) is 21.2. The first-order chi connectivity index (χ1) is 30.5. The molecule has 0 N–H and O–H groups in total. The van der Waals surface area contributed by atoms with Gasteiger partial charge in [0.15, 0.2) is 0 Å². The Kier molecular flexibility index (Phi) is 15.8. The summed E-state index contributed by atoms with van der Waals surface area (Å²) >= 11 is 0. The van der Waals surface area contributed by atoms with E-state index in [0.717, 1.165) is 60.5 Å². The van der Waals surface area contributed by atoms with Crippen LogP contribution in [0, 0.1) is 23.2 Å². The number of carbonyl (C=O) groups excluding carboxylic acids is 2. The molecular weight excluding hydrogens is 864 g/mol. The van der Waals surface area contributed by atoms with Gasteiger partial charge < -0.3 is 14.2 Å². The second kappa shape index (κ2) is 20.4. The number of hydrogen-bond acceptors (Lipinski definition) is 5. The van der Waals surface area contributed by atoms with E-state index in [-0.39, 0.29) is 11.4 Å². The van der Waals surface area contributed by atoms with Gasteiger partial charge in [-0.1, -0.05) is 90.1 Å². The van der Waals surface area contributed by atoms with Crippen LogP contribution in [0.5, 0.6) is 0 Å². The molecule has 0 unspecified atom stereocenters. The zero-order valence-corrected chi connectivity index (χ0v) is 39.5. The summed E-state index contributed by atoms with van der Waals surface area (Å²) in [5, 5.41) is 0. The van der Waals surface area contributed by atoms with Crippen LogP contribution < -0.4 is 0 Å². The van der Waals surface area contributed by atoms with Crippen molar-refractivity contribution in [2.24, 2.45) is 28.2 Å². The Balaban J connectivity index is 0.000000925. The summed E-state index contributed by atoms with van der Waals surface area (Å²) < 4.78 is 82.2. The molecule has 13 heteroatoms. The molecule has 0 aromatic heterocycles. The normalized spacial score (nSPS) is 24.5. The Morgan fingerprint density at radius 2 is 1.15 bits per heavy atom. The minimum atomic E-state index is -10.7. The zero-order valence-electron chi connectivity index (χ0n) is 38.6. The van der Waals surface area contributed by atoms with Gasteiger partial charge in [0, 0.05) is 12.2 Å². The number of ketones is 1. The molecule has 1 aromatic carbocycles. The summed E-state index contributed by atoms with van der Waals surface area (Å²) in [5.41, 5.74) is 11.3. The van der Waals surface area contributed by atoms with Crippen LogP contribution in [0.15, 0.2) is 112 Å². The summed E-state index contributed by atoms with van der Waals surface area (Å²) in [5.74, 6) is 4.48. The van der Waals surface area contributed by atoms with Gasteiger partial charge in [0.2, 0.25) is 0 Å². The van der Waals surface area contributed by atoms with Gasteiger partial charge in [-0.3, -0.25) is 14.2 Å². The molecule has 4 bridgehead atoms. The first-order valence-electron chi connectivity index (χ1n) is 23.2. The Morgan fingerprint density at radius 1 is 0.662 bits per heavy atom. The number of nitrogens with zero attached hydrogens (tertiary/aromatic N) is 1. The molecule has 0 amide bonds. The van der Waals surface area contributed by atoms with Gasteiger partial charge >= 0.3 is 44.7 Å². The van der Waals surface area contributed by atoms with Crippen molar-refractivity contribution >= 4 is 25.3 Å². The maximum atomic E-state index is 13.0. The van der Waals surface area contributed by atoms with Crippen molar-refractivity contribution in [3.05, 3.63) is 130 Å². The Labute approximate surface area is 381 Å². The molecule has 0 saturated heterocycles. The Bertz CT molecular complexity index is 2130. The number of ether oxygens (including phenoxy) is 3. The molecule has 4 fully saturated rings. The van der Waals surface area contributed by atoms with Crippen molar-refractivity contribution in [3.8, 4) is 0 Å². The van der Waals surface area contributed by atoms with Crippen LogP contribution >= 0.6 is 7.81 Å². The van der Waals surface area contributed by atoms with Crippen molar-refractivity contribution in [1.82, 2.24) is 0 Å². The van der Waals surface area contributed by atoms with Crippen molar-refractivity contribution in [2.75, 3.05) is 39.6 Å².